The summed E-state index contributed by atoms with van der Waals surface area (Å²) in [5, 5.41) is 5.03. The predicted molar refractivity (Wildman–Crippen MR) is 92.9 cm³/mol. The summed E-state index contributed by atoms with van der Waals surface area (Å²) in [6, 6.07) is 14.0. The average molecular weight is 316 g/mol. The fraction of sp³-hybridized carbons (Fsp3) is 0.389. The van der Waals surface area contributed by atoms with E-state index in [0.717, 1.165) is 31.2 Å². The van der Waals surface area contributed by atoms with Crippen molar-refractivity contribution < 1.29 is 4.79 Å². The topological polar surface area (TPSA) is 55.1 Å². The number of nitrogens with one attached hydrogen (secondary N) is 1. The van der Waals surface area contributed by atoms with Crippen molar-refractivity contribution in [3.8, 4) is 0 Å². The molecule has 0 bridgehead atoms. The van der Waals surface area contributed by atoms with E-state index in [1.807, 2.05) is 30.3 Å². The maximum atomic E-state index is 11.8. The van der Waals surface area contributed by atoms with Crippen molar-refractivity contribution >= 4 is 17.2 Å². The van der Waals surface area contributed by atoms with Gasteiger partial charge >= 0.3 is 0 Å². The first kappa shape index (κ1) is 16.7. The van der Waals surface area contributed by atoms with Crippen molar-refractivity contribution in [2.75, 3.05) is 6.54 Å². The molecule has 1 aromatic carbocycles. The molecule has 0 spiro atoms. The van der Waals surface area contributed by atoms with Gasteiger partial charge in [-0.25, -0.2) is 0 Å². The van der Waals surface area contributed by atoms with Gasteiger partial charge in [-0.3, -0.25) is 4.79 Å². The van der Waals surface area contributed by atoms with Gasteiger partial charge in [-0.1, -0.05) is 42.8 Å². The average Bonchev–Trinajstić information content (AvgIpc) is 3.06. The van der Waals surface area contributed by atoms with E-state index in [0.29, 0.717) is 13.0 Å². The third-order valence-corrected chi connectivity index (χ3v) is 4.59. The molecule has 1 amide bonds. The minimum atomic E-state index is -0.135. The first-order valence-corrected chi connectivity index (χ1v) is 8.73. The summed E-state index contributed by atoms with van der Waals surface area (Å²) >= 11 is 1.80. The minimum Gasteiger partial charge on any atom is -0.354 e. The molecule has 0 saturated carbocycles. The van der Waals surface area contributed by atoms with Crippen molar-refractivity contribution in [1.29, 1.82) is 0 Å². The van der Waals surface area contributed by atoms with Crippen molar-refractivity contribution in [3.05, 3.63) is 58.3 Å². The van der Waals surface area contributed by atoms with Gasteiger partial charge in [0, 0.05) is 23.9 Å². The van der Waals surface area contributed by atoms with Gasteiger partial charge < -0.3 is 11.1 Å². The standard InChI is InChI=1S/C18H24N2OS/c19-17(15-8-3-1-4-9-15)14-20-18(21)12-6-2-5-10-16-11-7-13-22-16/h1,3-4,7-9,11,13,17H,2,5-6,10,12,14,19H2,(H,20,21). The fourth-order valence-electron chi connectivity index (χ4n) is 2.35. The molecule has 3 N–H and O–H groups in total. The van der Waals surface area contributed by atoms with Crippen LogP contribution in [0.3, 0.4) is 0 Å². The summed E-state index contributed by atoms with van der Waals surface area (Å²) in [5.41, 5.74) is 7.11. The molecule has 3 nitrogen and oxygen atoms in total. The lowest BCUT2D eigenvalue weighted by Gasteiger charge is -2.13. The molecule has 118 valence electrons. The molecular formula is C18H24N2OS. The second kappa shape index (κ2) is 9.38. The normalized spacial score (nSPS) is 12.0. The summed E-state index contributed by atoms with van der Waals surface area (Å²) in [5.74, 6) is 0.0995. The van der Waals surface area contributed by atoms with E-state index < -0.39 is 0 Å². The van der Waals surface area contributed by atoms with Crippen LogP contribution in [0.5, 0.6) is 0 Å². The van der Waals surface area contributed by atoms with Crippen LogP contribution in [0, 0.1) is 0 Å². The Bertz CT molecular complexity index is 539. The lowest BCUT2D eigenvalue weighted by molar-refractivity contribution is -0.121. The summed E-state index contributed by atoms with van der Waals surface area (Å²) in [6.07, 6.45) is 4.90. The number of hydrogen-bond donors (Lipinski definition) is 2. The highest BCUT2D eigenvalue weighted by Crippen LogP contribution is 2.13. The summed E-state index contributed by atoms with van der Waals surface area (Å²) in [6.45, 7) is 0.498. The molecule has 1 unspecified atom stereocenters. The van der Waals surface area contributed by atoms with Crippen LogP contribution in [0.2, 0.25) is 0 Å². The third kappa shape index (κ3) is 6.00. The number of benzene rings is 1. The zero-order valence-corrected chi connectivity index (χ0v) is 13.6. The molecule has 1 aromatic heterocycles. The zero-order valence-electron chi connectivity index (χ0n) is 12.8. The molecule has 0 aliphatic carbocycles. The fourth-order valence-corrected chi connectivity index (χ4v) is 3.10. The Morgan fingerprint density at radius 3 is 2.64 bits per heavy atom. The summed E-state index contributed by atoms with van der Waals surface area (Å²) in [7, 11) is 0. The molecule has 0 fully saturated rings. The predicted octanol–water partition coefficient (Wildman–Crippen LogP) is 3.67. The Morgan fingerprint density at radius 1 is 1.09 bits per heavy atom. The molecule has 0 aliphatic rings. The molecule has 1 heterocycles. The Morgan fingerprint density at radius 2 is 1.91 bits per heavy atom. The van der Waals surface area contributed by atoms with E-state index in [2.05, 4.69) is 22.8 Å². The number of hydrogen-bond acceptors (Lipinski definition) is 3. The van der Waals surface area contributed by atoms with E-state index in [1.165, 1.54) is 4.88 Å². The quantitative estimate of drug-likeness (QED) is 0.694. The van der Waals surface area contributed by atoms with Crippen LogP contribution in [0.1, 0.15) is 42.2 Å². The number of nitrogens with two attached hydrogens (primary N) is 1. The van der Waals surface area contributed by atoms with Gasteiger partial charge in [0.15, 0.2) is 0 Å². The Kier molecular flexibility index (Phi) is 7.13. The molecular weight excluding hydrogens is 292 g/mol. The van der Waals surface area contributed by atoms with Gasteiger partial charge in [0.25, 0.3) is 0 Å². The molecule has 0 radical (unpaired) electrons. The first-order chi connectivity index (χ1) is 10.8. The largest absolute Gasteiger partial charge is 0.354 e. The Balaban J connectivity index is 1.54. The second-order valence-corrected chi connectivity index (χ2v) is 6.49. The van der Waals surface area contributed by atoms with Gasteiger partial charge in [0.1, 0.15) is 0 Å². The number of rotatable bonds is 9. The maximum absolute atomic E-state index is 11.8. The number of carbonyl (C=O) groups excluding carboxylic acids is 1. The highest BCUT2D eigenvalue weighted by atomic mass is 32.1. The van der Waals surface area contributed by atoms with Gasteiger partial charge in [-0.05, 0) is 36.3 Å². The van der Waals surface area contributed by atoms with E-state index >= 15 is 0 Å². The number of aryl methyl sites for hydroxylation is 1. The van der Waals surface area contributed by atoms with Crippen LogP contribution in [0.4, 0.5) is 0 Å². The zero-order chi connectivity index (χ0) is 15.6. The Hall–Kier alpha value is -1.65. The first-order valence-electron chi connectivity index (χ1n) is 7.85. The van der Waals surface area contributed by atoms with Crippen LogP contribution in [0.25, 0.3) is 0 Å². The highest BCUT2D eigenvalue weighted by Gasteiger charge is 2.07. The monoisotopic (exact) mass is 316 g/mol. The van der Waals surface area contributed by atoms with Crippen molar-refractivity contribution in [3.63, 3.8) is 0 Å². The smallest absolute Gasteiger partial charge is 0.220 e. The highest BCUT2D eigenvalue weighted by molar-refractivity contribution is 7.09. The third-order valence-electron chi connectivity index (χ3n) is 3.65. The van der Waals surface area contributed by atoms with E-state index in [1.54, 1.807) is 11.3 Å². The number of thiophene rings is 1. The number of amides is 1. The molecule has 2 aromatic rings. The SMILES string of the molecule is NC(CNC(=O)CCCCCc1cccs1)c1ccccc1. The molecule has 2 rings (SSSR count). The van der Waals surface area contributed by atoms with Crippen LogP contribution in [-0.4, -0.2) is 12.5 Å². The molecule has 0 saturated heterocycles. The molecule has 1 atom stereocenters. The van der Waals surface area contributed by atoms with Gasteiger partial charge in [0.2, 0.25) is 5.91 Å². The van der Waals surface area contributed by atoms with Gasteiger partial charge in [0.05, 0.1) is 0 Å². The van der Waals surface area contributed by atoms with Gasteiger partial charge in [-0.15, -0.1) is 11.3 Å². The number of carbonyl (C=O) groups is 1. The molecule has 0 aliphatic heterocycles. The maximum Gasteiger partial charge on any atom is 0.220 e. The second-order valence-electron chi connectivity index (χ2n) is 5.46. The van der Waals surface area contributed by atoms with E-state index in [-0.39, 0.29) is 11.9 Å². The Labute approximate surface area is 136 Å². The lowest BCUT2D eigenvalue weighted by atomic mass is 10.1. The van der Waals surface area contributed by atoms with Crippen molar-refractivity contribution in [2.24, 2.45) is 5.73 Å². The van der Waals surface area contributed by atoms with Crippen LogP contribution in [0.15, 0.2) is 47.8 Å². The molecule has 22 heavy (non-hydrogen) atoms. The molecule has 4 heteroatoms. The van der Waals surface area contributed by atoms with Crippen LogP contribution >= 0.6 is 11.3 Å². The van der Waals surface area contributed by atoms with Crippen molar-refractivity contribution in [1.82, 2.24) is 5.32 Å². The lowest BCUT2D eigenvalue weighted by Crippen LogP contribution is -2.31. The van der Waals surface area contributed by atoms with Crippen LogP contribution in [-0.2, 0) is 11.2 Å². The van der Waals surface area contributed by atoms with Gasteiger partial charge in [-0.2, -0.15) is 0 Å². The van der Waals surface area contributed by atoms with E-state index in [9.17, 15) is 4.79 Å². The summed E-state index contributed by atoms with van der Waals surface area (Å²) in [4.78, 5) is 13.2. The summed E-state index contributed by atoms with van der Waals surface area (Å²) < 4.78 is 0. The van der Waals surface area contributed by atoms with Crippen LogP contribution < -0.4 is 11.1 Å². The van der Waals surface area contributed by atoms with Crippen molar-refractivity contribution in [2.45, 2.75) is 38.1 Å². The minimum absolute atomic E-state index is 0.0995. The number of unbranched alkanes of at least 4 members (excludes halogenated alkanes) is 2. The van der Waals surface area contributed by atoms with E-state index in [4.69, 9.17) is 5.73 Å².